The molecule has 0 saturated heterocycles. The summed E-state index contributed by atoms with van der Waals surface area (Å²) in [5.74, 6) is -1.16. The van der Waals surface area contributed by atoms with Crippen molar-refractivity contribution in [2.75, 3.05) is 19.3 Å². The third-order valence-corrected chi connectivity index (χ3v) is 4.93. The minimum Gasteiger partial charge on any atom is -0.480 e. The highest BCUT2D eigenvalue weighted by Crippen LogP contribution is 2.14. The van der Waals surface area contributed by atoms with Crippen LogP contribution in [0.2, 0.25) is 0 Å². The van der Waals surface area contributed by atoms with E-state index in [0.29, 0.717) is 6.42 Å². The number of carboxylic acids is 1. The first-order valence-electron chi connectivity index (χ1n) is 6.47. The van der Waals surface area contributed by atoms with Gasteiger partial charge >= 0.3 is 5.97 Å². The van der Waals surface area contributed by atoms with Crippen LogP contribution in [0.3, 0.4) is 0 Å². The van der Waals surface area contributed by atoms with Crippen LogP contribution >= 0.6 is 0 Å². The van der Waals surface area contributed by atoms with E-state index in [4.69, 9.17) is 10.4 Å². The maximum Gasteiger partial charge on any atom is 0.320 e. The van der Waals surface area contributed by atoms with Crippen molar-refractivity contribution in [1.82, 2.24) is 4.90 Å². The molecule has 0 bridgehead atoms. The van der Waals surface area contributed by atoms with E-state index >= 15 is 0 Å². The molecule has 0 aliphatic heterocycles. The van der Waals surface area contributed by atoms with Crippen molar-refractivity contribution in [2.24, 2.45) is 0 Å². The Morgan fingerprint density at radius 2 is 2.14 bits per heavy atom. The molecule has 0 aromatic heterocycles. The molecule has 1 aromatic carbocycles. The molecule has 1 rings (SSSR count). The molecule has 0 radical (unpaired) electrons. The molecule has 21 heavy (non-hydrogen) atoms. The zero-order valence-electron chi connectivity index (χ0n) is 12.0. The molecule has 0 fully saturated rings. The van der Waals surface area contributed by atoms with Crippen molar-refractivity contribution < 1.29 is 18.3 Å². The number of nitriles is 1. The van der Waals surface area contributed by atoms with Gasteiger partial charge in [0.05, 0.1) is 22.3 Å². The first-order valence-corrected chi connectivity index (χ1v) is 8.13. The third-order valence-electron chi connectivity index (χ3n) is 3.24. The molecule has 114 valence electrons. The number of carboxylic acid groups (broad SMARTS) is 1. The fraction of sp³-hybridized carbons (Fsp3) is 0.429. The van der Waals surface area contributed by atoms with E-state index in [2.05, 4.69) is 0 Å². The molecule has 6 nitrogen and oxygen atoms in total. The van der Waals surface area contributed by atoms with Gasteiger partial charge in [0.15, 0.2) is 9.84 Å². The van der Waals surface area contributed by atoms with E-state index in [1.807, 2.05) is 6.07 Å². The monoisotopic (exact) mass is 310 g/mol. The van der Waals surface area contributed by atoms with Crippen LogP contribution in [0.25, 0.3) is 0 Å². The Morgan fingerprint density at radius 1 is 1.48 bits per heavy atom. The first kappa shape index (κ1) is 17.1. The number of benzene rings is 1. The van der Waals surface area contributed by atoms with Gasteiger partial charge in [-0.15, -0.1) is 0 Å². The zero-order chi connectivity index (χ0) is 16.0. The zero-order valence-corrected chi connectivity index (χ0v) is 12.8. The number of hydrogen-bond acceptors (Lipinski definition) is 5. The van der Waals surface area contributed by atoms with Gasteiger partial charge in [-0.05, 0) is 31.7 Å². The Kier molecular flexibility index (Phi) is 5.88. The smallest absolute Gasteiger partial charge is 0.320 e. The Labute approximate surface area is 124 Å². The van der Waals surface area contributed by atoms with Crippen LogP contribution in [0.5, 0.6) is 0 Å². The maximum atomic E-state index is 12.2. The Bertz CT molecular complexity index is 649. The van der Waals surface area contributed by atoms with Gasteiger partial charge in [0.2, 0.25) is 0 Å². The quantitative estimate of drug-likeness (QED) is 0.810. The van der Waals surface area contributed by atoms with Crippen molar-refractivity contribution in [3.05, 3.63) is 29.8 Å². The first-order chi connectivity index (χ1) is 9.81. The maximum absolute atomic E-state index is 12.2. The molecule has 0 amide bonds. The van der Waals surface area contributed by atoms with Gasteiger partial charge in [-0.3, -0.25) is 9.69 Å². The molecule has 0 heterocycles. The molecule has 1 N–H and O–H groups in total. The summed E-state index contributed by atoms with van der Waals surface area (Å²) in [6.45, 7) is 1.85. The third kappa shape index (κ3) is 4.55. The van der Waals surface area contributed by atoms with Gasteiger partial charge in [0.1, 0.15) is 6.04 Å². The standard InChI is InChI=1S/C14H18N2O4S/c1-3-13(14(17)18)16(2)7-8-21(19,20)12-6-4-5-11(9-12)10-15/h4-6,9,13H,3,7-8H2,1-2H3,(H,17,18). The summed E-state index contributed by atoms with van der Waals surface area (Å²) < 4.78 is 24.4. The summed E-state index contributed by atoms with van der Waals surface area (Å²) in [4.78, 5) is 12.6. The lowest BCUT2D eigenvalue weighted by Crippen LogP contribution is -2.40. The topological polar surface area (TPSA) is 98.5 Å². The number of carbonyl (C=O) groups is 1. The number of rotatable bonds is 7. The van der Waals surface area contributed by atoms with E-state index in [9.17, 15) is 13.2 Å². The average molecular weight is 310 g/mol. The fourth-order valence-electron chi connectivity index (χ4n) is 1.97. The minimum absolute atomic E-state index is 0.0818. The van der Waals surface area contributed by atoms with Crippen molar-refractivity contribution in [1.29, 1.82) is 5.26 Å². The van der Waals surface area contributed by atoms with E-state index in [1.54, 1.807) is 14.0 Å². The Hall–Kier alpha value is -1.91. The second kappa shape index (κ2) is 7.20. The molecule has 1 atom stereocenters. The van der Waals surface area contributed by atoms with Gasteiger partial charge in [-0.2, -0.15) is 5.26 Å². The van der Waals surface area contributed by atoms with Crippen molar-refractivity contribution in [3.63, 3.8) is 0 Å². The highest BCUT2D eigenvalue weighted by atomic mass is 32.2. The van der Waals surface area contributed by atoms with Gasteiger partial charge in [-0.1, -0.05) is 13.0 Å². The fourth-order valence-corrected chi connectivity index (χ4v) is 3.33. The highest BCUT2D eigenvalue weighted by molar-refractivity contribution is 7.91. The number of likely N-dealkylation sites (N-methyl/N-ethyl adjacent to an activating group) is 1. The summed E-state index contributed by atoms with van der Waals surface area (Å²) in [6, 6.07) is 6.99. The molecule has 1 aromatic rings. The largest absolute Gasteiger partial charge is 0.480 e. The highest BCUT2D eigenvalue weighted by Gasteiger charge is 2.23. The van der Waals surface area contributed by atoms with Crippen molar-refractivity contribution >= 4 is 15.8 Å². The van der Waals surface area contributed by atoms with Crippen molar-refractivity contribution in [2.45, 2.75) is 24.3 Å². The number of aliphatic carboxylic acids is 1. The molecular weight excluding hydrogens is 292 g/mol. The lowest BCUT2D eigenvalue weighted by Gasteiger charge is -2.23. The minimum atomic E-state index is -3.54. The molecule has 0 saturated carbocycles. The number of sulfone groups is 1. The van der Waals surface area contributed by atoms with Gasteiger partial charge in [0, 0.05) is 6.54 Å². The van der Waals surface area contributed by atoms with Gasteiger partial charge in [0.25, 0.3) is 0 Å². The Balaban J connectivity index is 2.82. The van der Waals surface area contributed by atoms with Gasteiger partial charge < -0.3 is 5.11 Å². The summed E-state index contributed by atoms with van der Waals surface area (Å²) >= 11 is 0. The summed E-state index contributed by atoms with van der Waals surface area (Å²) in [5.41, 5.74) is 0.279. The second-order valence-corrected chi connectivity index (χ2v) is 6.81. The molecule has 7 heteroatoms. The lowest BCUT2D eigenvalue weighted by atomic mass is 10.2. The molecule has 0 aliphatic carbocycles. The molecule has 0 aliphatic rings. The summed E-state index contributed by atoms with van der Waals surface area (Å²) in [7, 11) is -1.95. The molecule has 0 spiro atoms. The average Bonchev–Trinajstić information content (AvgIpc) is 2.45. The normalized spacial score (nSPS) is 12.9. The Morgan fingerprint density at radius 3 is 2.67 bits per heavy atom. The van der Waals surface area contributed by atoms with Crippen LogP contribution in [0, 0.1) is 11.3 Å². The van der Waals surface area contributed by atoms with E-state index in [-0.39, 0.29) is 22.8 Å². The van der Waals surface area contributed by atoms with Crippen LogP contribution in [-0.4, -0.2) is 49.8 Å². The van der Waals surface area contributed by atoms with E-state index in [0.717, 1.165) is 0 Å². The predicted molar refractivity (Wildman–Crippen MR) is 77.6 cm³/mol. The van der Waals surface area contributed by atoms with E-state index in [1.165, 1.54) is 29.2 Å². The van der Waals surface area contributed by atoms with Crippen LogP contribution < -0.4 is 0 Å². The summed E-state index contributed by atoms with van der Waals surface area (Å²) in [6.07, 6.45) is 0.399. The summed E-state index contributed by atoms with van der Waals surface area (Å²) in [5, 5.41) is 17.8. The molecule has 1 unspecified atom stereocenters. The number of nitrogens with zero attached hydrogens (tertiary/aromatic N) is 2. The van der Waals surface area contributed by atoms with Crippen LogP contribution in [0.15, 0.2) is 29.2 Å². The van der Waals surface area contributed by atoms with Gasteiger partial charge in [-0.25, -0.2) is 8.42 Å². The lowest BCUT2D eigenvalue weighted by molar-refractivity contribution is -0.142. The van der Waals surface area contributed by atoms with Crippen LogP contribution in [0.1, 0.15) is 18.9 Å². The molecular formula is C14H18N2O4S. The predicted octanol–water partition coefficient (Wildman–Crippen LogP) is 1.13. The van der Waals surface area contributed by atoms with Crippen LogP contribution in [-0.2, 0) is 14.6 Å². The van der Waals surface area contributed by atoms with Crippen molar-refractivity contribution in [3.8, 4) is 6.07 Å². The SMILES string of the molecule is CCC(C(=O)O)N(C)CCS(=O)(=O)c1cccc(C#N)c1. The van der Waals surface area contributed by atoms with Crippen LogP contribution in [0.4, 0.5) is 0 Å². The second-order valence-electron chi connectivity index (χ2n) is 4.70. The number of hydrogen-bond donors (Lipinski definition) is 1. The van der Waals surface area contributed by atoms with E-state index < -0.39 is 21.8 Å².